The van der Waals surface area contributed by atoms with Crippen molar-refractivity contribution in [3.05, 3.63) is 17.8 Å². The van der Waals surface area contributed by atoms with Crippen LogP contribution < -0.4 is 5.32 Å². The van der Waals surface area contributed by atoms with E-state index < -0.39 is 0 Å². The van der Waals surface area contributed by atoms with Crippen molar-refractivity contribution in [2.45, 2.75) is 13.2 Å². The molecule has 1 aromatic heterocycles. The van der Waals surface area contributed by atoms with Crippen LogP contribution in [0.15, 0.2) is 10.6 Å². The van der Waals surface area contributed by atoms with Gasteiger partial charge in [-0.25, -0.2) is 4.98 Å². The highest BCUT2D eigenvalue weighted by Gasteiger charge is 2.00. The number of nitrogens with zero attached hydrogens (tertiary/aromatic N) is 1. The van der Waals surface area contributed by atoms with Gasteiger partial charge in [-0.15, -0.1) is 0 Å². The van der Waals surface area contributed by atoms with Gasteiger partial charge in [-0.2, -0.15) is 0 Å². The first kappa shape index (κ1) is 8.23. The quantitative estimate of drug-likeness (QED) is 0.691. The minimum atomic E-state index is 0.483. The van der Waals surface area contributed by atoms with Crippen LogP contribution in [0, 0.1) is 0 Å². The van der Waals surface area contributed by atoms with Crippen LogP contribution in [0.2, 0.25) is 0 Å². The average Bonchev–Trinajstić information content (AvgIpc) is 2.38. The summed E-state index contributed by atoms with van der Waals surface area (Å²) in [5, 5.41) is 2.94. The van der Waals surface area contributed by atoms with Gasteiger partial charge in [-0.05, 0) is 7.05 Å². The Morgan fingerprint density at radius 1 is 1.73 bits per heavy atom. The van der Waals surface area contributed by atoms with Crippen LogP contribution in [0.5, 0.6) is 0 Å². The Morgan fingerprint density at radius 2 is 2.55 bits per heavy atom. The molecule has 0 bridgehead atoms. The van der Waals surface area contributed by atoms with Crippen molar-refractivity contribution < 1.29 is 9.15 Å². The van der Waals surface area contributed by atoms with Crippen molar-refractivity contribution in [2.24, 2.45) is 0 Å². The summed E-state index contributed by atoms with van der Waals surface area (Å²) < 4.78 is 10.1. The fourth-order valence-electron chi connectivity index (χ4n) is 0.790. The summed E-state index contributed by atoms with van der Waals surface area (Å²) in [6.07, 6.45) is 1.68. The zero-order valence-electron chi connectivity index (χ0n) is 6.76. The van der Waals surface area contributed by atoms with Crippen LogP contribution in [0.4, 0.5) is 0 Å². The van der Waals surface area contributed by atoms with E-state index in [4.69, 9.17) is 9.15 Å². The SMILES string of the molecule is CNCc1ncc(COC)o1. The molecule has 0 amide bonds. The number of ether oxygens (including phenoxy) is 1. The van der Waals surface area contributed by atoms with Gasteiger partial charge in [0, 0.05) is 7.11 Å². The van der Waals surface area contributed by atoms with E-state index in [1.54, 1.807) is 13.3 Å². The molecule has 0 aromatic carbocycles. The Morgan fingerprint density at radius 3 is 3.18 bits per heavy atom. The highest BCUT2D eigenvalue weighted by Crippen LogP contribution is 2.03. The van der Waals surface area contributed by atoms with Gasteiger partial charge in [0.05, 0.1) is 12.7 Å². The molecule has 1 N–H and O–H groups in total. The molecule has 0 fully saturated rings. The van der Waals surface area contributed by atoms with Gasteiger partial charge in [0.2, 0.25) is 5.89 Å². The van der Waals surface area contributed by atoms with E-state index in [9.17, 15) is 0 Å². The highest BCUT2D eigenvalue weighted by molar-refractivity contribution is 4.91. The van der Waals surface area contributed by atoms with Gasteiger partial charge in [-0.1, -0.05) is 0 Å². The van der Waals surface area contributed by atoms with Crippen molar-refractivity contribution in [1.82, 2.24) is 10.3 Å². The second kappa shape index (κ2) is 4.10. The number of oxazole rings is 1. The lowest BCUT2D eigenvalue weighted by Crippen LogP contribution is -2.04. The molecule has 62 valence electrons. The third-order valence-electron chi connectivity index (χ3n) is 1.22. The number of nitrogens with one attached hydrogen (secondary N) is 1. The topological polar surface area (TPSA) is 47.3 Å². The van der Waals surface area contributed by atoms with Gasteiger partial charge in [0.25, 0.3) is 0 Å². The number of methoxy groups -OCH3 is 1. The molecule has 0 saturated heterocycles. The molecule has 0 unspecified atom stereocenters. The standard InChI is InChI=1S/C7H12N2O2/c1-8-4-7-9-3-6(11-7)5-10-2/h3,8H,4-5H2,1-2H3. The normalized spacial score (nSPS) is 10.4. The van der Waals surface area contributed by atoms with Gasteiger partial charge in [0.15, 0.2) is 0 Å². The molecule has 1 rings (SSSR count). The minimum absolute atomic E-state index is 0.483. The van der Waals surface area contributed by atoms with Crippen LogP contribution >= 0.6 is 0 Å². The minimum Gasteiger partial charge on any atom is -0.442 e. The molecule has 0 aliphatic heterocycles. The fourth-order valence-corrected chi connectivity index (χ4v) is 0.790. The summed E-state index contributed by atoms with van der Waals surface area (Å²) >= 11 is 0. The Kier molecular flexibility index (Phi) is 3.07. The molecule has 0 saturated carbocycles. The number of hydrogen-bond donors (Lipinski definition) is 1. The van der Waals surface area contributed by atoms with Crippen molar-refractivity contribution in [1.29, 1.82) is 0 Å². The maximum atomic E-state index is 5.27. The fraction of sp³-hybridized carbons (Fsp3) is 0.571. The van der Waals surface area contributed by atoms with E-state index in [1.165, 1.54) is 0 Å². The summed E-state index contributed by atoms with van der Waals surface area (Å²) in [5.74, 6) is 1.46. The van der Waals surface area contributed by atoms with Crippen LogP contribution in [-0.2, 0) is 17.9 Å². The smallest absolute Gasteiger partial charge is 0.208 e. The van der Waals surface area contributed by atoms with E-state index in [-0.39, 0.29) is 0 Å². The van der Waals surface area contributed by atoms with E-state index in [2.05, 4.69) is 10.3 Å². The Balaban J connectivity index is 2.51. The number of hydrogen-bond acceptors (Lipinski definition) is 4. The van der Waals surface area contributed by atoms with Crippen LogP contribution in [0.1, 0.15) is 11.7 Å². The first-order valence-corrected chi connectivity index (χ1v) is 3.44. The molecule has 0 aliphatic carbocycles. The zero-order valence-corrected chi connectivity index (χ0v) is 6.76. The predicted octanol–water partition coefficient (Wildman–Crippen LogP) is 0.540. The van der Waals surface area contributed by atoms with Crippen molar-refractivity contribution in [3.63, 3.8) is 0 Å². The van der Waals surface area contributed by atoms with E-state index >= 15 is 0 Å². The highest BCUT2D eigenvalue weighted by atomic mass is 16.5. The average molecular weight is 156 g/mol. The molecule has 1 heterocycles. The largest absolute Gasteiger partial charge is 0.442 e. The second-order valence-corrected chi connectivity index (χ2v) is 2.18. The van der Waals surface area contributed by atoms with Gasteiger partial charge < -0.3 is 14.5 Å². The Bertz CT molecular complexity index is 189. The molecule has 0 atom stereocenters. The summed E-state index contributed by atoms with van der Waals surface area (Å²) in [7, 11) is 3.47. The van der Waals surface area contributed by atoms with Crippen LogP contribution in [-0.4, -0.2) is 19.1 Å². The molecule has 0 aliphatic rings. The summed E-state index contributed by atoms with van der Waals surface area (Å²) in [6, 6.07) is 0. The third kappa shape index (κ3) is 2.32. The number of rotatable bonds is 4. The monoisotopic (exact) mass is 156 g/mol. The molecule has 4 heteroatoms. The van der Waals surface area contributed by atoms with Crippen molar-refractivity contribution in [3.8, 4) is 0 Å². The lowest BCUT2D eigenvalue weighted by atomic mass is 10.6. The van der Waals surface area contributed by atoms with E-state index in [0.717, 1.165) is 5.76 Å². The zero-order chi connectivity index (χ0) is 8.10. The Labute approximate surface area is 65.6 Å². The maximum Gasteiger partial charge on any atom is 0.208 e. The van der Waals surface area contributed by atoms with Crippen LogP contribution in [0.3, 0.4) is 0 Å². The lowest BCUT2D eigenvalue weighted by Gasteiger charge is -1.92. The first-order valence-electron chi connectivity index (χ1n) is 3.44. The predicted molar refractivity (Wildman–Crippen MR) is 40.0 cm³/mol. The van der Waals surface area contributed by atoms with Crippen LogP contribution in [0.25, 0.3) is 0 Å². The summed E-state index contributed by atoms with van der Waals surface area (Å²) in [5.41, 5.74) is 0. The second-order valence-electron chi connectivity index (χ2n) is 2.18. The van der Waals surface area contributed by atoms with Crippen molar-refractivity contribution >= 4 is 0 Å². The van der Waals surface area contributed by atoms with Gasteiger partial charge in [0.1, 0.15) is 12.4 Å². The number of aromatic nitrogens is 1. The summed E-state index contributed by atoms with van der Waals surface area (Å²) in [6.45, 7) is 1.14. The Hall–Kier alpha value is -0.870. The molecule has 0 radical (unpaired) electrons. The molecule has 1 aromatic rings. The molecular formula is C7H12N2O2. The molecule has 0 spiro atoms. The van der Waals surface area contributed by atoms with E-state index in [1.807, 2.05) is 7.05 Å². The molecule has 4 nitrogen and oxygen atoms in total. The van der Waals surface area contributed by atoms with Gasteiger partial charge >= 0.3 is 0 Å². The van der Waals surface area contributed by atoms with Crippen molar-refractivity contribution in [2.75, 3.05) is 14.2 Å². The van der Waals surface area contributed by atoms with E-state index in [0.29, 0.717) is 19.0 Å². The summed E-state index contributed by atoms with van der Waals surface area (Å²) in [4.78, 5) is 4.02. The maximum absolute atomic E-state index is 5.27. The third-order valence-corrected chi connectivity index (χ3v) is 1.22. The molecular weight excluding hydrogens is 144 g/mol. The first-order chi connectivity index (χ1) is 5.36. The lowest BCUT2D eigenvalue weighted by molar-refractivity contribution is 0.162. The molecule has 11 heavy (non-hydrogen) atoms. The van der Waals surface area contributed by atoms with Gasteiger partial charge in [-0.3, -0.25) is 0 Å².